The average molecular weight is 294 g/mol. The highest BCUT2D eigenvalue weighted by Gasteiger charge is 2.31. The van der Waals surface area contributed by atoms with Crippen LogP contribution < -0.4 is 5.32 Å². The summed E-state index contributed by atoms with van der Waals surface area (Å²) in [7, 11) is 0.952. The van der Waals surface area contributed by atoms with Crippen molar-refractivity contribution in [2.24, 2.45) is 0 Å². The van der Waals surface area contributed by atoms with Gasteiger partial charge in [0.1, 0.15) is 6.54 Å². The number of rotatable bonds is 4. The Labute approximate surface area is 112 Å². The van der Waals surface area contributed by atoms with Crippen LogP contribution in [-0.4, -0.2) is 51.6 Å². The second-order valence-corrected chi connectivity index (χ2v) is 3.95. The van der Waals surface area contributed by atoms with E-state index in [2.05, 4.69) is 10.4 Å². The van der Waals surface area contributed by atoms with Crippen LogP contribution in [0.25, 0.3) is 0 Å². The molecule has 1 aromatic rings. The molecule has 20 heavy (non-hydrogen) atoms. The molecule has 0 atom stereocenters. The van der Waals surface area contributed by atoms with Gasteiger partial charge in [-0.25, -0.2) is 9.59 Å². The highest BCUT2D eigenvalue weighted by Crippen LogP contribution is 2.18. The molecule has 1 heterocycles. The molecule has 0 fully saturated rings. The number of anilines is 1. The SMILES string of the molecule is CCn1cc(NC(=O)N(C)CC(F)(F)F)c(C(=O)O)n1. The first-order valence-corrected chi connectivity index (χ1v) is 5.53. The maximum Gasteiger partial charge on any atom is 0.406 e. The van der Waals surface area contributed by atoms with Gasteiger partial charge in [-0.2, -0.15) is 18.3 Å². The van der Waals surface area contributed by atoms with E-state index in [9.17, 15) is 22.8 Å². The molecule has 0 bridgehead atoms. The summed E-state index contributed by atoms with van der Waals surface area (Å²) in [6, 6.07) is -1.07. The summed E-state index contributed by atoms with van der Waals surface area (Å²) < 4.78 is 37.7. The first-order valence-electron chi connectivity index (χ1n) is 5.53. The Morgan fingerprint density at radius 2 is 2.10 bits per heavy atom. The van der Waals surface area contributed by atoms with E-state index in [0.29, 0.717) is 11.4 Å². The maximum absolute atomic E-state index is 12.1. The van der Waals surface area contributed by atoms with Gasteiger partial charge in [-0.1, -0.05) is 0 Å². The van der Waals surface area contributed by atoms with E-state index in [1.165, 1.54) is 10.9 Å². The minimum atomic E-state index is -4.53. The number of nitrogens with zero attached hydrogens (tertiary/aromatic N) is 3. The Kier molecular flexibility index (Phi) is 4.58. The van der Waals surface area contributed by atoms with Crippen LogP contribution in [0.1, 0.15) is 17.4 Å². The lowest BCUT2D eigenvalue weighted by Crippen LogP contribution is -2.38. The molecule has 0 spiro atoms. The highest BCUT2D eigenvalue weighted by atomic mass is 19.4. The number of alkyl halides is 3. The quantitative estimate of drug-likeness (QED) is 0.883. The minimum absolute atomic E-state index is 0.154. The minimum Gasteiger partial charge on any atom is -0.476 e. The van der Waals surface area contributed by atoms with Crippen LogP contribution in [0, 0.1) is 0 Å². The van der Waals surface area contributed by atoms with Crippen LogP contribution in [-0.2, 0) is 6.54 Å². The molecule has 10 heteroatoms. The predicted octanol–water partition coefficient (Wildman–Crippen LogP) is 1.63. The van der Waals surface area contributed by atoms with Crippen LogP contribution in [0.3, 0.4) is 0 Å². The molecule has 0 saturated carbocycles. The van der Waals surface area contributed by atoms with E-state index in [0.717, 1.165) is 7.05 Å². The predicted molar refractivity (Wildman–Crippen MR) is 62.6 cm³/mol. The Morgan fingerprint density at radius 3 is 2.55 bits per heavy atom. The van der Waals surface area contributed by atoms with Crippen LogP contribution in [0.2, 0.25) is 0 Å². The van der Waals surface area contributed by atoms with Crippen molar-refractivity contribution in [2.75, 3.05) is 18.9 Å². The summed E-state index contributed by atoms with van der Waals surface area (Å²) in [5.74, 6) is -1.38. The summed E-state index contributed by atoms with van der Waals surface area (Å²) in [5.41, 5.74) is -0.584. The van der Waals surface area contributed by atoms with Crippen molar-refractivity contribution in [3.63, 3.8) is 0 Å². The standard InChI is InChI=1S/C10H13F3N4O3/c1-3-17-4-6(7(15-17)8(18)19)14-9(20)16(2)5-10(11,12)13/h4H,3,5H2,1-2H3,(H,14,20)(H,18,19). The zero-order chi connectivity index (χ0) is 15.5. The van der Waals surface area contributed by atoms with Crippen molar-refractivity contribution in [3.8, 4) is 0 Å². The number of hydrogen-bond donors (Lipinski definition) is 2. The first-order chi connectivity index (χ1) is 9.14. The van der Waals surface area contributed by atoms with Crippen LogP contribution >= 0.6 is 0 Å². The van der Waals surface area contributed by atoms with Crippen molar-refractivity contribution in [3.05, 3.63) is 11.9 Å². The van der Waals surface area contributed by atoms with Gasteiger partial charge in [-0.05, 0) is 6.92 Å². The van der Waals surface area contributed by atoms with Gasteiger partial charge >= 0.3 is 18.2 Å². The second kappa shape index (κ2) is 5.80. The molecule has 0 aliphatic rings. The van der Waals surface area contributed by atoms with Gasteiger partial charge in [-0.3, -0.25) is 4.68 Å². The largest absolute Gasteiger partial charge is 0.476 e. The molecule has 0 aliphatic carbocycles. The molecule has 7 nitrogen and oxygen atoms in total. The zero-order valence-corrected chi connectivity index (χ0v) is 10.7. The number of urea groups is 1. The molecular formula is C10H13F3N4O3. The molecular weight excluding hydrogens is 281 g/mol. The van der Waals surface area contributed by atoms with Gasteiger partial charge in [0, 0.05) is 19.8 Å². The monoisotopic (exact) mass is 294 g/mol. The van der Waals surface area contributed by atoms with Crippen molar-refractivity contribution in [1.29, 1.82) is 0 Å². The summed E-state index contributed by atoms with van der Waals surface area (Å²) in [6.45, 7) is 0.609. The lowest BCUT2D eigenvalue weighted by Gasteiger charge is -2.19. The number of carbonyl (C=O) groups is 2. The van der Waals surface area contributed by atoms with E-state index in [4.69, 9.17) is 5.11 Å². The number of nitrogens with one attached hydrogen (secondary N) is 1. The number of carboxylic acid groups (broad SMARTS) is 1. The number of amides is 2. The third-order valence-electron chi connectivity index (χ3n) is 2.29. The van der Waals surface area contributed by atoms with Crippen molar-refractivity contribution in [1.82, 2.24) is 14.7 Å². The molecule has 0 aliphatic heterocycles. The van der Waals surface area contributed by atoms with Gasteiger partial charge in [0.05, 0.1) is 5.69 Å². The molecule has 0 saturated heterocycles. The van der Waals surface area contributed by atoms with Crippen molar-refractivity contribution >= 4 is 17.7 Å². The van der Waals surface area contributed by atoms with Gasteiger partial charge in [0.25, 0.3) is 0 Å². The van der Waals surface area contributed by atoms with E-state index in [1.807, 2.05) is 0 Å². The van der Waals surface area contributed by atoms with E-state index >= 15 is 0 Å². The average Bonchev–Trinajstić information content (AvgIpc) is 2.70. The first kappa shape index (κ1) is 15.8. The molecule has 112 valence electrons. The molecule has 2 N–H and O–H groups in total. The van der Waals surface area contributed by atoms with Crippen molar-refractivity contribution < 1.29 is 27.9 Å². The Hall–Kier alpha value is -2.26. The Balaban J connectivity index is 2.85. The summed E-state index contributed by atoms with van der Waals surface area (Å²) in [5, 5.41) is 14.7. The van der Waals surface area contributed by atoms with Gasteiger partial charge in [-0.15, -0.1) is 0 Å². The number of aromatic nitrogens is 2. The number of carbonyl (C=O) groups excluding carboxylic acids is 1. The number of halogens is 3. The molecule has 0 unspecified atom stereocenters. The number of carboxylic acids is 1. The molecule has 2 amide bonds. The van der Waals surface area contributed by atoms with Crippen LogP contribution in [0.4, 0.5) is 23.7 Å². The Bertz CT molecular complexity index is 512. The van der Waals surface area contributed by atoms with E-state index in [-0.39, 0.29) is 5.69 Å². The highest BCUT2D eigenvalue weighted by molar-refractivity contribution is 5.98. The van der Waals surface area contributed by atoms with E-state index < -0.39 is 30.4 Å². The number of aryl methyl sites for hydroxylation is 1. The van der Waals surface area contributed by atoms with Crippen molar-refractivity contribution in [2.45, 2.75) is 19.6 Å². The summed E-state index contributed by atoms with van der Waals surface area (Å²) in [4.78, 5) is 22.9. The fourth-order valence-electron chi connectivity index (χ4n) is 1.38. The van der Waals surface area contributed by atoms with E-state index in [1.54, 1.807) is 6.92 Å². The molecule has 1 aromatic heterocycles. The third kappa shape index (κ3) is 4.14. The molecule has 0 aromatic carbocycles. The normalized spacial score (nSPS) is 11.2. The van der Waals surface area contributed by atoms with Crippen LogP contribution in [0.15, 0.2) is 6.20 Å². The lowest BCUT2D eigenvalue weighted by molar-refractivity contribution is -0.137. The molecule has 0 radical (unpaired) electrons. The smallest absolute Gasteiger partial charge is 0.406 e. The van der Waals surface area contributed by atoms with Crippen LogP contribution in [0.5, 0.6) is 0 Å². The second-order valence-electron chi connectivity index (χ2n) is 3.95. The zero-order valence-electron chi connectivity index (χ0n) is 10.7. The summed E-state index contributed by atoms with van der Waals surface area (Å²) >= 11 is 0. The number of hydrogen-bond acceptors (Lipinski definition) is 3. The third-order valence-corrected chi connectivity index (χ3v) is 2.29. The van der Waals surface area contributed by atoms with Gasteiger partial charge in [0.15, 0.2) is 5.69 Å². The van der Waals surface area contributed by atoms with Gasteiger partial charge < -0.3 is 15.3 Å². The lowest BCUT2D eigenvalue weighted by atomic mass is 10.3. The Morgan fingerprint density at radius 1 is 1.50 bits per heavy atom. The fraction of sp³-hybridized carbons (Fsp3) is 0.500. The maximum atomic E-state index is 12.1. The number of aromatic carboxylic acids is 1. The summed E-state index contributed by atoms with van der Waals surface area (Å²) in [6.07, 6.45) is -3.29. The molecule has 1 rings (SSSR count). The van der Waals surface area contributed by atoms with Gasteiger partial charge in [0.2, 0.25) is 0 Å². The fourth-order valence-corrected chi connectivity index (χ4v) is 1.38. The topological polar surface area (TPSA) is 87.5 Å².